The molecule has 0 radical (unpaired) electrons. The van der Waals surface area contributed by atoms with Gasteiger partial charge in [-0.2, -0.15) is 0 Å². The van der Waals surface area contributed by atoms with Gasteiger partial charge in [0.05, 0.1) is 12.7 Å². The minimum absolute atomic E-state index is 0.198. The molecular formula is C24H29N3O3. The third-order valence-corrected chi connectivity index (χ3v) is 5.38. The van der Waals surface area contributed by atoms with Crippen molar-refractivity contribution < 1.29 is 14.3 Å². The number of benzene rings is 1. The number of unbranched alkanes of at least 4 members (excludes halogenated alkanes) is 1. The molecule has 2 heterocycles. The third-order valence-electron chi connectivity index (χ3n) is 5.38. The summed E-state index contributed by atoms with van der Waals surface area (Å²) in [4.78, 5) is 34.0. The number of carbonyl (C=O) groups excluding carboxylic acids is 2. The molecule has 1 aromatic heterocycles. The van der Waals surface area contributed by atoms with Crippen molar-refractivity contribution in [2.24, 2.45) is 0 Å². The smallest absolute Gasteiger partial charge is 0.277 e. The Morgan fingerprint density at radius 3 is 2.30 bits per heavy atom. The summed E-state index contributed by atoms with van der Waals surface area (Å²) in [6.45, 7) is 5.80. The Bertz CT molecular complexity index is 907. The van der Waals surface area contributed by atoms with Crippen LogP contribution in [0.25, 0.3) is 5.57 Å². The Morgan fingerprint density at radius 2 is 1.70 bits per heavy atom. The number of pyridine rings is 1. The zero-order chi connectivity index (χ0) is 21.5. The van der Waals surface area contributed by atoms with Crippen molar-refractivity contribution in [3.63, 3.8) is 0 Å². The van der Waals surface area contributed by atoms with Crippen molar-refractivity contribution in [2.75, 3.05) is 26.7 Å². The minimum Gasteiger partial charge on any atom is -0.497 e. The number of amides is 2. The largest absolute Gasteiger partial charge is 0.497 e. The molecule has 0 saturated heterocycles. The highest BCUT2D eigenvalue weighted by Crippen LogP contribution is 2.32. The summed E-state index contributed by atoms with van der Waals surface area (Å²) in [5.41, 5.74) is 2.87. The molecule has 2 amide bonds. The molecule has 0 atom stereocenters. The fourth-order valence-electron chi connectivity index (χ4n) is 3.64. The number of aromatic nitrogens is 1. The number of rotatable bonds is 10. The highest BCUT2D eigenvalue weighted by Gasteiger charge is 2.40. The first-order valence-corrected chi connectivity index (χ1v) is 10.5. The lowest BCUT2D eigenvalue weighted by molar-refractivity contribution is -0.137. The summed E-state index contributed by atoms with van der Waals surface area (Å²) in [5.74, 6) is 0.303. The second-order valence-electron chi connectivity index (χ2n) is 7.25. The Hall–Kier alpha value is -3.15. The molecule has 0 aliphatic carbocycles. The van der Waals surface area contributed by atoms with Crippen molar-refractivity contribution in [3.8, 4) is 5.75 Å². The number of ether oxygens (including phenoxy) is 1. The van der Waals surface area contributed by atoms with E-state index in [0.717, 1.165) is 30.4 Å². The highest BCUT2D eigenvalue weighted by atomic mass is 16.5. The average molecular weight is 408 g/mol. The van der Waals surface area contributed by atoms with Gasteiger partial charge in [0.25, 0.3) is 11.8 Å². The molecule has 0 spiro atoms. The molecule has 1 aliphatic rings. The molecule has 0 N–H and O–H groups in total. The molecule has 6 heteroatoms. The predicted molar refractivity (Wildman–Crippen MR) is 117 cm³/mol. The van der Waals surface area contributed by atoms with Crippen molar-refractivity contribution >= 4 is 17.4 Å². The van der Waals surface area contributed by atoms with E-state index in [9.17, 15) is 9.59 Å². The molecule has 2 aromatic rings. The maximum absolute atomic E-state index is 13.3. The van der Waals surface area contributed by atoms with Crippen LogP contribution in [0.1, 0.15) is 37.8 Å². The van der Waals surface area contributed by atoms with Gasteiger partial charge >= 0.3 is 0 Å². The summed E-state index contributed by atoms with van der Waals surface area (Å²) in [6, 6.07) is 11.3. The van der Waals surface area contributed by atoms with Gasteiger partial charge < -0.3 is 9.64 Å². The minimum atomic E-state index is -0.212. The number of nitrogens with zero attached hydrogens (tertiary/aromatic N) is 3. The lowest BCUT2D eigenvalue weighted by atomic mass is 10.0. The Labute approximate surface area is 178 Å². The lowest BCUT2D eigenvalue weighted by Gasteiger charge is -2.25. The van der Waals surface area contributed by atoms with Crippen LogP contribution in [0.3, 0.4) is 0 Å². The van der Waals surface area contributed by atoms with E-state index in [1.807, 2.05) is 48.2 Å². The van der Waals surface area contributed by atoms with Crippen LogP contribution in [0.15, 0.2) is 54.5 Å². The van der Waals surface area contributed by atoms with Gasteiger partial charge in [-0.1, -0.05) is 25.5 Å². The predicted octanol–water partition coefficient (Wildman–Crippen LogP) is 3.53. The van der Waals surface area contributed by atoms with Crippen molar-refractivity contribution in [1.29, 1.82) is 0 Å². The molecule has 3 rings (SSSR count). The number of carbonyl (C=O) groups is 2. The van der Waals surface area contributed by atoms with E-state index in [0.29, 0.717) is 36.7 Å². The van der Waals surface area contributed by atoms with Crippen molar-refractivity contribution in [2.45, 2.75) is 33.1 Å². The van der Waals surface area contributed by atoms with E-state index in [1.165, 1.54) is 4.90 Å². The number of likely N-dealkylation sites (N-methyl/N-ethyl adjacent to an activating group) is 1. The monoisotopic (exact) mass is 407 g/mol. The Kier molecular flexibility index (Phi) is 7.22. The van der Waals surface area contributed by atoms with E-state index < -0.39 is 0 Å². The Balaban J connectivity index is 1.96. The van der Waals surface area contributed by atoms with Gasteiger partial charge in [0, 0.05) is 32.0 Å². The van der Waals surface area contributed by atoms with Gasteiger partial charge in [-0.05, 0) is 55.2 Å². The fraction of sp³-hybridized carbons (Fsp3) is 0.375. The highest BCUT2D eigenvalue weighted by molar-refractivity contribution is 6.35. The third kappa shape index (κ3) is 4.53. The lowest BCUT2D eigenvalue weighted by Crippen LogP contribution is -2.36. The van der Waals surface area contributed by atoms with Crippen LogP contribution < -0.4 is 4.74 Å². The molecule has 1 aromatic carbocycles. The van der Waals surface area contributed by atoms with E-state index in [4.69, 9.17) is 4.74 Å². The number of hydrogen-bond donors (Lipinski definition) is 0. The van der Waals surface area contributed by atoms with Gasteiger partial charge in [-0.15, -0.1) is 0 Å². The standard InChI is InChI=1S/C24H29N3O3/c1-4-6-16-27-23(28)21(19-7-9-20(30-3)10-8-19)22(24(27)29)26(5-2)17-13-18-11-14-25-15-12-18/h7-12,14-15H,4-6,13,16-17H2,1-3H3. The zero-order valence-corrected chi connectivity index (χ0v) is 17.9. The van der Waals surface area contributed by atoms with Crippen molar-refractivity contribution in [3.05, 3.63) is 65.6 Å². The number of imide groups is 1. The molecule has 30 heavy (non-hydrogen) atoms. The SMILES string of the molecule is CCCCN1C(=O)C(c2ccc(OC)cc2)=C(N(CC)CCc2ccncc2)C1=O. The maximum atomic E-state index is 13.3. The maximum Gasteiger partial charge on any atom is 0.277 e. The van der Waals surface area contributed by atoms with Gasteiger partial charge in [-0.25, -0.2) is 0 Å². The van der Waals surface area contributed by atoms with E-state index in [1.54, 1.807) is 19.5 Å². The summed E-state index contributed by atoms with van der Waals surface area (Å²) in [6.07, 6.45) is 6.02. The van der Waals surface area contributed by atoms with Crippen molar-refractivity contribution in [1.82, 2.24) is 14.8 Å². The van der Waals surface area contributed by atoms with Crippen LogP contribution in [-0.4, -0.2) is 53.3 Å². The van der Waals surface area contributed by atoms with Crippen LogP contribution in [0.4, 0.5) is 0 Å². The summed E-state index contributed by atoms with van der Waals surface area (Å²) >= 11 is 0. The van der Waals surface area contributed by atoms with E-state index >= 15 is 0 Å². The molecule has 0 saturated carbocycles. The molecule has 6 nitrogen and oxygen atoms in total. The second-order valence-corrected chi connectivity index (χ2v) is 7.25. The average Bonchev–Trinajstić information content (AvgIpc) is 3.03. The number of methoxy groups -OCH3 is 1. The first-order chi connectivity index (χ1) is 14.6. The summed E-state index contributed by atoms with van der Waals surface area (Å²) in [7, 11) is 1.61. The van der Waals surface area contributed by atoms with E-state index in [-0.39, 0.29) is 11.8 Å². The van der Waals surface area contributed by atoms with Crippen LogP contribution in [-0.2, 0) is 16.0 Å². The zero-order valence-electron chi connectivity index (χ0n) is 17.9. The van der Waals surface area contributed by atoms with Gasteiger partial charge in [-0.3, -0.25) is 19.5 Å². The first-order valence-electron chi connectivity index (χ1n) is 10.5. The molecule has 1 aliphatic heterocycles. The van der Waals surface area contributed by atoms with Crippen LogP contribution in [0, 0.1) is 0 Å². The van der Waals surface area contributed by atoms with Crippen LogP contribution in [0.2, 0.25) is 0 Å². The van der Waals surface area contributed by atoms with Gasteiger partial charge in [0.2, 0.25) is 0 Å². The second kappa shape index (κ2) is 10.1. The molecule has 158 valence electrons. The Morgan fingerprint density at radius 1 is 1.00 bits per heavy atom. The fourth-order valence-corrected chi connectivity index (χ4v) is 3.64. The first kappa shape index (κ1) is 21.6. The van der Waals surface area contributed by atoms with E-state index in [2.05, 4.69) is 11.9 Å². The number of hydrogen-bond acceptors (Lipinski definition) is 5. The molecule has 0 fully saturated rings. The quantitative estimate of drug-likeness (QED) is 0.564. The normalized spacial score (nSPS) is 13.9. The van der Waals surface area contributed by atoms with Gasteiger partial charge in [0.15, 0.2) is 0 Å². The topological polar surface area (TPSA) is 62.7 Å². The molecule has 0 bridgehead atoms. The molecule has 0 unspecified atom stereocenters. The summed E-state index contributed by atoms with van der Waals surface area (Å²) in [5, 5.41) is 0. The molecular weight excluding hydrogens is 378 g/mol. The van der Waals surface area contributed by atoms with Crippen LogP contribution >= 0.6 is 0 Å². The van der Waals surface area contributed by atoms with Gasteiger partial charge in [0.1, 0.15) is 11.4 Å². The summed E-state index contributed by atoms with van der Waals surface area (Å²) < 4.78 is 5.24. The van der Waals surface area contributed by atoms with Crippen LogP contribution in [0.5, 0.6) is 5.75 Å².